The van der Waals surface area contributed by atoms with Crippen LogP contribution in [0.2, 0.25) is 0 Å². The first kappa shape index (κ1) is 10.2. The van der Waals surface area contributed by atoms with Crippen molar-refractivity contribution in [2.24, 2.45) is 7.05 Å². The van der Waals surface area contributed by atoms with Crippen LogP contribution in [-0.4, -0.2) is 15.7 Å². The topological polar surface area (TPSA) is 44.1 Å². The van der Waals surface area contributed by atoms with E-state index in [4.69, 9.17) is 4.74 Å². The monoisotopic (exact) mass is 208 g/mol. The van der Waals surface area contributed by atoms with Gasteiger partial charge in [0, 0.05) is 19.4 Å². The standard InChI is InChI=1S/C11H16N2O2/c1-13-8-7-12-10(11(13)14)15-9-5-3-2-4-6-9/h7-9H,2-6H2,1H3. The van der Waals surface area contributed by atoms with Crippen LogP contribution in [0.1, 0.15) is 32.1 Å². The maximum atomic E-state index is 11.6. The Kier molecular flexibility index (Phi) is 3.04. The zero-order valence-electron chi connectivity index (χ0n) is 8.98. The molecule has 1 aliphatic carbocycles. The van der Waals surface area contributed by atoms with Crippen LogP contribution in [0, 0.1) is 0 Å². The average molecular weight is 208 g/mol. The van der Waals surface area contributed by atoms with E-state index in [0.29, 0.717) is 0 Å². The van der Waals surface area contributed by atoms with Crippen molar-refractivity contribution in [2.75, 3.05) is 0 Å². The first-order valence-electron chi connectivity index (χ1n) is 5.45. The molecule has 15 heavy (non-hydrogen) atoms. The number of aromatic nitrogens is 2. The van der Waals surface area contributed by atoms with Gasteiger partial charge in [0.05, 0.1) is 0 Å². The largest absolute Gasteiger partial charge is 0.470 e. The summed E-state index contributed by atoms with van der Waals surface area (Å²) in [7, 11) is 1.71. The molecule has 0 spiro atoms. The summed E-state index contributed by atoms with van der Waals surface area (Å²) in [5, 5.41) is 0. The molecule has 4 nitrogen and oxygen atoms in total. The van der Waals surface area contributed by atoms with E-state index < -0.39 is 0 Å². The highest BCUT2D eigenvalue weighted by molar-refractivity contribution is 5.04. The Morgan fingerprint density at radius 3 is 2.87 bits per heavy atom. The lowest BCUT2D eigenvalue weighted by Gasteiger charge is -2.21. The Bertz CT molecular complexity index is 380. The number of hydrogen-bond acceptors (Lipinski definition) is 3. The third-order valence-electron chi connectivity index (χ3n) is 2.82. The Hall–Kier alpha value is -1.32. The molecule has 1 aromatic rings. The van der Waals surface area contributed by atoms with Crippen LogP contribution in [0.4, 0.5) is 0 Å². The molecule has 4 heteroatoms. The Morgan fingerprint density at radius 1 is 1.40 bits per heavy atom. The molecule has 0 bridgehead atoms. The molecule has 1 saturated carbocycles. The fraction of sp³-hybridized carbons (Fsp3) is 0.636. The average Bonchev–Trinajstić information content (AvgIpc) is 2.26. The summed E-state index contributed by atoms with van der Waals surface area (Å²) in [4.78, 5) is 15.6. The summed E-state index contributed by atoms with van der Waals surface area (Å²) >= 11 is 0. The van der Waals surface area contributed by atoms with Crippen molar-refractivity contribution in [3.8, 4) is 5.88 Å². The molecule has 0 aromatic carbocycles. The zero-order valence-corrected chi connectivity index (χ0v) is 8.98. The number of hydrogen-bond donors (Lipinski definition) is 0. The molecule has 1 fully saturated rings. The second kappa shape index (κ2) is 4.47. The molecule has 0 atom stereocenters. The normalized spacial score (nSPS) is 17.7. The van der Waals surface area contributed by atoms with E-state index in [1.165, 1.54) is 23.8 Å². The third kappa shape index (κ3) is 2.37. The molecule has 1 aromatic heterocycles. The van der Waals surface area contributed by atoms with E-state index in [1.807, 2.05) is 0 Å². The summed E-state index contributed by atoms with van der Waals surface area (Å²) < 4.78 is 7.11. The molecule has 82 valence electrons. The minimum Gasteiger partial charge on any atom is -0.470 e. The van der Waals surface area contributed by atoms with Crippen molar-refractivity contribution < 1.29 is 4.74 Å². The highest BCUT2D eigenvalue weighted by atomic mass is 16.5. The van der Waals surface area contributed by atoms with Crippen LogP contribution in [0.25, 0.3) is 0 Å². The Morgan fingerprint density at radius 2 is 2.13 bits per heavy atom. The molecule has 1 aliphatic rings. The lowest BCUT2D eigenvalue weighted by atomic mass is 9.98. The number of nitrogens with zero attached hydrogens (tertiary/aromatic N) is 2. The van der Waals surface area contributed by atoms with Crippen molar-refractivity contribution in [3.05, 3.63) is 22.7 Å². The number of rotatable bonds is 2. The maximum absolute atomic E-state index is 11.6. The minimum atomic E-state index is -0.150. The zero-order chi connectivity index (χ0) is 10.7. The van der Waals surface area contributed by atoms with Gasteiger partial charge in [-0.3, -0.25) is 4.79 Å². The predicted molar refractivity (Wildman–Crippen MR) is 57.0 cm³/mol. The molecule has 0 aliphatic heterocycles. The van der Waals surface area contributed by atoms with Gasteiger partial charge in [0.25, 0.3) is 5.88 Å². The van der Waals surface area contributed by atoms with Crippen molar-refractivity contribution in [1.82, 2.24) is 9.55 Å². The van der Waals surface area contributed by atoms with Gasteiger partial charge in [0.2, 0.25) is 0 Å². The SMILES string of the molecule is Cn1ccnc(OC2CCCCC2)c1=O. The van der Waals surface area contributed by atoms with E-state index in [9.17, 15) is 4.79 Å². The highest BCUT2D eigenvalue weighted by Gasteiger charge is 2.17. The minimum absolute atomic E-state index is 0.150. The fourth-order valence-electron chi connectivity index (χ4n) is 1.90. The Balaban J connectivity index is 2.09. The van der Waals surface area contributed by atoms with E-state index in [0.717, 1.165) is 12.8 Å². The van der Waals surface area contributed by atoms with Crippen molar-refractivity contribution in [1.29, 1.82) is 0 Å². The number of ether oxygens (including phenoxy) is 1. The van der Waals surface area contributed by atoms with Gasteiger partial charge in [0.15, 0.2) is 0 Å². The quantitative estimate of drug-likeness (QED) is 0.739. The van der Waals surface area contributed by atoms with E-state index >= 15 is 0 Å². The van der Waals surface area contributed by atoms with Crippen molar-refractivity contribution in [3.63, 3.8) is 0 Å². The lowest BCUT2D eigenvalue weighted by molar-refractivity contribution is 0.145. The fourth-order valence-corrected chi connectivity index (χ4v) is 1.90. The van der Waals surface area contributed by atoms with Gasteiger partial charge in [-0.15, -0.1) is 0 Å². The van der Waals surface area contributed by atoms with Crippen LogP contribution in [0.5, 0.6) is 5.88 Å². The molecule has 0 amide bonds. The summed E-state index contributed by atoms with van der Waals surface area (Å²) in [6.07, 6.45) is 9.16. The van der Waals surface area contributed by atoms with Crippen molar-refractivity contribution in [2.45, 2.75) is 38.2 Å². The summed E-state index contributed by atoms with van der Waals surface area (Å²) in [6.45, 7) is 0. The molecule has 2 rings (SSSR count). The van der Waals surface area contributed by atoms with Crippen LogP contribution in [0.15, 0.2) is 17.2 Å². The molecule has 0 radical (unpaired) electrons. The van der Waals surface area contributed by atoms with E-state index in [1.54, 1.807) is 19.4 Å². The van der Waals surface area contributed by atoms with Gasteiger partial charge >= 0.3 is 5.56 Å². The second-order valence-electron chi connectivity index (χ2n) is 4.03. The first-order chi connectivity index (χ1) is 7.27. The van der Waals surface area contributed by atoms with Gasteiger partial charge in [-0.1, -0.05) is 6.42 Å². The van der Waals surface area contributed by atoms with Gasteiger partial charge in [-0.25, -0.2) is 4.98 Å². The molecule has 1 heterocycles. The van der Waals surface area contributed by atoms with Gasteiger partial charge in [-0.2, -0.15) is 0 Å². The highest BCUT2D eigenvalue weighted by Crippen LogP contribution is 2.20. The van der Waals surface area contributed by atoms with Crippen LogP contribution < -0.4 is 10.3 Å². The second-order valence-corrected chi connectivity index (χ2v) is 4.03. The lowest BCUT2D eigenvalue weighted by Crippen LogP contribution is -2.26. The van der Waals surface area contributed by atoms with E-state index in [2.05, 4.69) is 4.98 Å². The molecular weight excluding hydrogens is 192 g/mol. The first-order valence-corrected chi connectivity index (χ1v) is 5.45. The van der Waals surface area contributed by atoms with Crippen LogP contribution in [0.3, 0.4) is 0 Å². The van der Waals surface area contributed by atoms with E-state index in [-0.39, 0.29) is 17.5 Å². The summed E-state index contributed by atoms with van der Waals surface area (Å²) in [6, 6.07) is 0. The Labute approximate surface area is 88.9 Å². The maximum Gasteiger partial charge on any atom is 0.313 e. The van der Waals surface area contributed by atoms with Crippen LogP contribution >= 0.6 is 0 Å². The third-order valence-corrected chi connectivity index (χ3v) is 2.82. The summed E-state index contributed by atoms with van der Waals surface area (Å²) in [5.41, 5.74) is -0.150. The smallest absolute Gasteiger partial charge is 0.313 e. The molecular formula is C11H16N2O2. The number of aryl methyl sites for hydroxylation is 1. The molecule has 0 saturated heterocycles. The molecule has 0 N–H and O–H groups in total. The summed E-state index contributed by atoms with van der Waals surface area (Å²) in [5.74, 6) is 0.243. The van der Waals surface area contributed by atoms with Crippen molar-refractivity contribution >= 4 is 0 Å². The molecule has 0 unspecified atom stereocenters. The van der Waals surface area contributed by atoms with Gasteiger partial charge in [-0.05, 0) is 25.7 Å². The predicted octanol–water partition coefficient (Wildman–Crippen LogP) is 1.49. The van der Waals surface area contributed by atoms with Gasteiger partial charge < -0.3 is 9.30 Å². The van der Waals surface area contributed by atoms with Crippen LogP contribution in [-0.2, 0) is 7.05 Å². The van der Waals surface area contributed by atoms with Gasteiger partial charge in [0.1, 0.15) is 6.10 Å².